The number of urea groups is 1. The third-order valence-electron chi connectivity index (χ3n) is 8.51. The zero-order valence-corrected chi connectivity index (χ0v) is 32.1. The zero-order chi connectivity index (χ0) is 41.0. The molecule has 0 radical (unpaired) electrons. The molecular formula is C35H30N4O13S4. The van der Waals surface area contributed by atoms with Crippen molar-refractivity contribution in [1.29, 1.82) is 0 Å². The van der Waals surface area contributed by atoms with Gasteiger partial charge in [-0.15, -0.1) is 0 Å². The van der Waals surface area contributed by atoms with Gasteiger partial charge in [-0.3, -0.25) is 18.5 Å². The number of hydrogen-bond acceptors (Lipinski definition) is 11. The summed E-state index contributed by atoms with van der Waals surface area (Å²) in [7, 11) is -18.6. The van der Waals surface area contributed by atoms with Gasteiger partial charge in [0, 0.05) is 32.9 Å². The predicted molar refractivity (Wildman–Crippen MR) is 207 cm³/mol. The maximum absolute atomic E-state index is 13.3. The van der Waals surface area contributed by atoms with Crippen LogP contribution in [0.4, 0.5) is 27.5 Å². The Balaban J connectivity index is 1.18. The van der Waals surface area contributed by atoms with E-state index < -0.39 is 79.0 Å². The quantitative estimate of drug-likeness (QED) is 0.0602. The Morgan fingerprint density at radius 2 is 0.821 bits per heavy atom. The van der Waals surface area contributed by atoms with E-state index >= 15 is 0 Å². The van der Waals surface area contributed by atoms with Gasteiger partial charge in [-0.1, -0.05) is 48.5 Å². The molecule has 17 nitrogen and oxygen atoms in total. The first-order valence-electron chi connectivity index (χ1n) is 15.9. The molecular weight excluding hydrogens is 813 g/mol. The minimum Gasteiger partial charge on any atom is -0.505 e. The average Bonchev–Trinajstić information content (AvgIpc) is 3.11. The maximum Gasteiger partial charge on any atom is 0.323 e. The number of hydrogen-bond donors (Lipinski definition) is 8. The Kier molecular flexibility index (Phi) is 10.1. The molecule has 0 aliphatic carbocycles. The minimum atomic E-state index is -4.83. The second-order valence-corrected chi connectivity index (χ2v) is 18.5. The molecule has 2 amide bonds. The lowest BCUT2D eigenvalue weighted by molar-refractivity contribution is 0.262. The van der Waals surface area contributed by atoms with E-state index in [-0.39, 0.29) is 53.8 Å². The molecule has 56 heavy (non-hydrogen) atoms. The normalized spacial score (nSPS) is 12.4. The summed E-state index contributed by atoms with van der Waals surface area (Å²) in [6.07, 6.45) is 0. The summed E-state index contributed by atoms with van der Waals surface area (Å²) < 4.78 is 125. The average molecular weight is 843 g/mol. The van der Waals surface area contributed by atoms with Crippen LogP contribution in [0.5, 0.6) is 11.5 Å². The molecule has 0 aliphatic heterocycles. The van der Waals surface area contributed by atoms with Crippen LogP contribution in [-0.4, -0.2) is 59.0 Å². The number of sulfonamides is 2. The van der Waals surface area contributed by atoms with Crippen LogP contribution >= 0.6 is 0 Å². The molecule has 0 heterocycles. The number of aryl methyl sites for hydroxylation is 2. The summed E-state index contributed by atoms with van der Waals surface area (Å²) >= 11 is 0. The number of fused-ring (bicyclic) bond motifs is 2. The third-order valence-corrected chi connectivity index (χ3v) is 13.0. The summed E-state index contributed by atoms with van der Waals surface area (Å²) in [6.45, 7) is 2.98. The van der Waals surface area contributed by atoms with Gasteiger partial charge in [-0.25, -0.2) is 21.6 Å². The van der Waals surface area contributed by atoms with Gasteiger partial charge in [0.15, 0.2) is 0 Å². The molecule has 0 unspecified atom stereocenters. The number of nitrogens with one attached hydrogen (secondary N) is 4. The minimum absolute atomic E-state index is 0.0366. The lowest BCUT2D eigenvalue weighted by Gasteiger charge is -2.16. The number of carbonyl (C=O) groups excluding carboxylic acids is 1. The van der Waals surface area contributed by atoms with Crippen LogP contribution in [0.2, 0.25) is 0 Å². The number of phenols is 2. The van der Waals surface area contributed by atoms with Crippen molar-refractivity contribution in [3.8, 4) is 11.5 Å². The van der Waals surface area contributed by atoms with Gasteiger partial charge in [-0.05, 0) is 73.5 Å². The van der Waals surface area contributed by atoms with E-state index in [1.807, 2.05) is 0 Å². The Labute approximate surface area is 320 Å². The summed E-state index contributed by atoms with van der Waals surface area (Å²) in [5.41, 5.74) is -0.156. The zero-order valence-electron chi connectivity index (χ0n) is 28.8. The molecule has 0 aliphatic rings. The van der Waals surface area contributed by atoms with E-state index in [0.717, 1.165) is 24.3 Å². The molecule has 0 aromatic heterocycles. The lowest BCUT2D eigenvalue weighted by Crippen LogP contribution is -2.21. The number of phenolic OH excluding ortho intramolecular Hbond substituents is 2. The third kappa shape index (κ3) is 7.89. The number of anilines is 4. The second-order valence-electron chi connectivity index (χ2n) is 12.3. The Morgan fingerprint density at radius 3 is 1.14 bits per heavy atom. The van der Waals surface area contributed by atoms with Gasteiger partial charge in [-0.2, -0.15) is 16.8 Å². The molecule has 6 aromatic carbocycles. The van der Waals surface area contributed by atoms with E-state index in [1.54, 1.807) is 0 Å². The first kappa shape index (κ1) is 39.7. The van der Waals surface area contributed by atoms with Crippen molar-refractivity contribution in [1.82, 2.24) is 0 Å². The smallest absolute Gasteiger partial charge is 0.323 e. The molecule has 0 saturated carbocycles. The van der Waals surface area contributed by atoms with Crippen LogP contribution in [0.15, 0.2) is 117 Å². The number of benzene rings is 6. The Morgan fingerprint density at radius 1 is 0.482 bits per heavy atom. The summed E-state index contributed by atoms with van der Waals surface area (Å²) in [4.78, 5) is 11.1. The maximum atomic E-state index is 13.3. The first-order valence-corrected chi connectivity index (χ1v) is 21.7. The van der Waals surface area contributed by atoms with Gasteiger partial charge in [0.1, 0.15) is 21.3 Å². The van der Waals surface area contributed by atoms with Crippen LogP contribution in [0.25, 0.3) is 21.5 Å². The topological polar surface area (TPSA) is 283 Å². The SMILES string of the molecule is Cc1cc(S(=O)(=O)Nc2cc(S(=O)(=O)O)c3ccccc3c2O)ccc1NC(=O)Nc1ccc(S(=O)(=O)Nc2cc(S(=O)(=O)O)c3ccccc3c2O)cc1C. The van der Waals surface area contributed by atoms with E-state index in [9.17, 15) is 57.8 Å². The highest BCUT2D eigenvalue weighted by Gasteiger charge is 2.25. The highest BCUT2D eigenvalue weighted by atomic mass is 32.2. The van der Waals surface area contributed by atoms with Crippen molar-refractivity contribution in [3.05, 3.63) is 108 Å². The first-order chi connectivity index (χ1) is 26.1. The molecule has 292 valence electrons. The molecule has 0 bridgehead atoms. The van der Waals surface area contributed by atoms with E-state index in [0.29, 0.717) is 0 Å². The fraction of sp³-hybridized carbons (Fsp3) is 0.0571. The van der Waals surface area contributed by atoms with E-state index in [2.05, 4.69) is 20.1 Å². The van der Waals surface area contributed by atoms with Gasteiger partial charge in [0.05, 0.1) is 21.2 Å². The van der Waals surface area contributed by atoms with Crippen LogP contribution in [-0.2, 0) is 40.3 Å². The molecule has 8 N–H and O–H groups in total. The second kappa shape index (κ2) is 14.3. The number of rotatable bonds is 10. The van der Waals surface area contributed by atoms with Crippen molar-refractivity contribution < 1.29 is 57.8 Å². The van der Waals surface area contributed by atoms with Crippen molar-refractivity contribution in [2.45, 2.75) is 33.4 Å². The van der Waals surface area contributed by atoms with Crippen molar-refractivity contribution in [3.63, 3.8) is 0 Å². The monoisotopic (exact) mass is 842 g/mol. The molecule has 6 rings (SSSR count). The van der Waals surface area contributed by atoms with Crippen LogP contribution in [0, 0.1) is 13.8 Å². The fourth-order valence-electron chi connectivity index (χ4n) is 5.81. The van der Waals surface area contributed by atoms with Crippen molar-refractivity contribution in [2.24, 2.45) is 0 Å². The summed E-state index contributed by atoms with van der Waals surface area (Å²) in [5.74, 6) is -1.17. The van der Waals surface area contributed by atoms with Gasteiger partial charge in [0.25, 0.3) is 40.3 Å². The van der Waals surface area contributed by atoms with Gasteiger partial charge < -0.3 is 20.8 Å². The number of carbonyl (C=O) groups is 1. The molecule has 0 atom stereocenters. The summed E-state index contributed by atoms with van der Waals surface area (Å²) in [6, 6.07) is 19.2. The van der Waals surface area contributed by atoms with Gasteiger partial charge >= 0.3 is 6.03 Å². The molecule has 0 spiro atoms. The standard InChI is InChI=1S/C35H30N4O13S4/c1-19-15-21(53(43,44)38-29-17-31(55(47,48)49)23-7-3-5-9-25(23)33(29)40)11-13-27(19)36-35(42)37-28-14-12-22(16-20(28)2)54(45,46)39-30-18-32(56(50,51)52)24-8-4-6-10-26(24)34(30)41/h3-18,38-41H,1-2H3,(H2,36,37,42)(H,47,48,49)(H,50,51,52). The fourth-order valence-corrected chi connectivity index (χ4v) is 9.54. The van der Waals surface area contributed by atoms with E-state index in [1.165, 1.54) is 86.6 Å². The largest absolute Gasteiger partial charge is 0.505 e. The molecule has 0 fully saturated rings. The van der Waals surface area contributed by atoms with Crippen molar-refractivity contribution >= 4 is 90.6 Å². The lowest BCUT2D eigenvalue weighted by atomic mass is 10.1. The van der Waals surface area contributed by atoms with Crippen LogP contribution in [0.3, 0.4) is 0 Å². The van der Waals surface area contributed by atoms with Crippen molar-refractivity contribution in [2.75, 3.05) is 20.1 Å². The van der Waals surface area contributed by atoms with Crippen LogP contribution in [0.1, 0.15) is 11.1 Å². The molecule has 21 heteroatoms. The number of aromatic hydroxyl groups is 2. The highest BCUT2D eigenvalue weighted by molar-refractivity contribution is 7.93. The van der Waals surface area contributed by atoms with Gasteiger partial charge in [0.2, 0.25) is 0 Å². The predicted octanol–water partition coefficient (Wildman–Crippen LogP) is 5.76. The molecule has 0 saturated heterocycles. The Hall–Kier alpha value is -5.97. The number of amides is 2. The highest BCUT2D eigenvalue weighted by Crippen LogP contribution is 2.40. The summed E-state index contributed by atoms with van der Waals surface area (Å²) in [5, 5.41) is 26.5. The van der Waals surface area contributed by atoms with Crippen LogP contribution < -0.4 is 20.1 Å². The van der Waals surface area contributed by atoms with E-state index in [4.69, 9.17) is 0 Å². The molecule has 6 aromatic rings. The Bertz CT molecular complexity index is 2880.